The maximum absolute atomic E-state index is 11.4. The Morgan fingerprint density at radius 2 is 1.66 bits per heavy atom. The Balaban J connectivity index is 1.64. The van der Waals surface area contributed by atoms with Crippen molar-refractivity contribution in [2.24, 2.45) is 0 Å². The number of oxazole rings is 1. The third kappa shape index (κ3) is 3.82. The van der Waals surface area contributed by atoms with Crippen molar-refractivity contribution in [3.05, 3.63) is 68.3 Å². The van der Waals surface area contributed by atoms with Gasteiger partial charge in [-0.25, -0.2) is 9.78 Å². The van der Waals surface area contributed by atoms with Crippen LogP contribution < -0.4 is 16.4 Å². The number of rotatable bonds is 4. The topological polar surface area (TPSA) is 95.8 Å². The van der Waals surface area contributed by atoms with Gasteiger partial charge in [0.1, 0.15) is 5.82 Å². The Bertz CT molecular complexity index is 1270. The highest BCUT2D eigenvalue weighted by Gasteiger charge is 2.11. The number of hydrogen-bond donors (Lipinski definition) is 3. The zero-order chi connectivity index (χ0) is 20.7. The van der Waals surface area contributed by atoms with Gasteiger partial charge in [0.05, 0.1) is 10.5 Å². The molecule has 0 spiro atoms. The van der Waals surface area contributed by atoms with Gasteiger partial charge < -0.3 is 15.1 Å². The average molecular weight is 410 g/mol. The first-order chi connectivity index (χ1) is 13.8. The molecule has 0 unspecified atom stereocenters. The summed E-state index contributed by atoms with van der Waals surface area (Å²) in [5.41, 5.74) is 6.99. The molecule has 0 amide bonds. The van der Waals surface area contributed by atoms with Gasteiger partial charge in [0, 0.05) is 23.1 Å². The van der Waals surface area contributed by atoms with Crippen molar-refractivity contribution >= 4 is 45.8 Å². The number of hydrogen-bond acceptors (Lipinski definition) is 6. The summed E-state index contributed by atoms with van der Waals surface area (Å²) in [5.74, 6) is 0.557. The number of aryl methyl sites for hydroxylation is 3. The van der Waals surface area contributed by atoms with Crippen molar-refractivity contribution in [3.8, 4) is 0 Å². The summed E-state index contributed by atoms with van der Waals surface area (Å²) >= 11 is 6.22. The van der Waals surface area contributed by atoms with Gasteiger partial charge in [-0.1, -0.05) is 11.6 Å². The van der Waals surface area contributed by atoms with Gasteiger partial charge in [-0.05, 0) is 68.7 Å². The molecular weight excluding hydrogens is 390 g/mol. The largest absolute Gasteiger partial charge is 0.417 e. The first kappa shape index (κ1) is 19.0. The molecule has 0 aliphatic carbocycles. The molecule has 0 radical (unpaired) electrons. The summed E-state index contributed by atoms with van der Waals surface area (Å²) in [5, 5.41) is 6.83. The van der Waals surface area contributed by atoms with Crippen LogP contribution in [0.3, 0.4) is 0 Å². The highest BCUT2D eigenvalue weighted by molar-refractivity contribution is 6.35. The first-order valence-corrected chi connectivity index (χ1v) is 9.46. The lowest BCUT2D eigenvalue weighted by molar-refractivity contribution is 0.555. The van der Waals surface area contributed by atoms with Crippen LogP contribution in [0.4, 0.5) is 23.1 Å². The summed E-state index contributed by atoms with van der Waals surface area (Å²) < 4.78 is 5.03. The first-order valence-electron chi connectivity index (χ1n) is 9.08. The fourth-order valence-corrected chi connectivity index (χ4v) is 3.35. The highest BCUT2D eigenvalue weighted by Crippen LogP contribution is 2.29. The van der Waals surface area contributed by atoms with Crippen LogP contribution in [0.2, 0.25) is 5.02 Å². The molecule has 8 heteroatoms. The van der Waals surface area contributed by atoms with Gasteiger partial charge in [-0.3, -0.25) is 4.98 Å². The Labute approximate surface area is 172 Å². The zero-order valence-corrected chi connectivity index (χ0v) is 17.2. The summed E-state index contributed by atoms with van der Waals surface area (Å²) in [4.78, 5) is 23.0. The molecular formula is C21H20ClN5O2. The molecule has 4 aromatic rings. The minimum Gasteiger partial charge on any atom is -0.406 e. The number of aromatic amines is 1. The van der Waals surface area contributed by atoms with Crippen molar-refractivity contribution in [3.63, 3.8) is 0 Å². The zero-order valence-electron chi connectivity index (χ0n) is 16.5. The molecule has 2 heterocycles. The van der Waals surface area contributed by atoms with Gasteiger partial charge in [0.25, 0.3) is 0 Å². The lowest BCUT2D eigenvalue weighted by Crippen LogP contribution is -2.03. The standard InChI is InChI=1S/C21H20ClN5O2/c1-10-5-14(6-11(2)13(10)4)25-20-23-9-12(3)19(27-20)24-15-7-16(22)18-17(8-15)26-21(28)29-18/h5-9H,1-4H3,(H,26,28)(H2,23,24,25,27). The van der Waals surface area contributed by atoms with Crippen LogP contribution in [-0.4, -0.2) is 15.0 Å². The molecule has 7 nitrogen and oxygen atoms in total. The molecule has 0 aliphatic rings. The second kappa shape index (κ2) is 7.25. The number of H-pyrrole nitrogens is 1. The number of anilines is 4. The Hall–Kier alpha value is -3.32. The van der Waals surface area contributed by atoms with Crippen LogP contribution in [0.15, 0.2) is 39.7 Å². The summed E-state index contributed by atoms with van der Waals surface area (Å²) in [6, 6.07) is 7.57. The predicted molar refractivity (Wildman–Crippen MR) is 116 cm³/mol. The normalized spacial score (nSPS) is 11.1. The van der Waals surface area contributed by atoms with Crippen molar-refractivity contribution in [1.29, 1.82) is 0 Å². The number of fused-ring (bicyclic) bond motifs is 1. The van der Waals surface area contributed by atoms with Gasteiger partial charge >= 0.3 is 5.76 Å². The van der Waals surface area contributed by atoms with Crippen LogP contribution in [0, 0.1) is 27.7 Å². The van der Waals surface area contributed by atoms with Crippen molar-refractivity contribution in [1.82, 2.24) is 15.0 Å². The molecule has 0 atom stereocenters. The van der Waals surface area contributed by atoms with Gasteiger partial charge in [-0.2, -0.15) is 4.98 Å². The average Bonchev–Trinajstić information content (AvgIpc) is 3.03. The monoisotopic (exact) mass is 409 g/mol. The van der Waals surface area contributed by atoms with Gasteiger partial charge in [0.2, 0.25) is 5.95 Å². The van der Waals surface area contributed by atoms with E-state index in [2.05, 4.69) is 58.5 Å². The number of benzene rings is 2. The molecule has 0 saturated heterocycles. The van der Waals surface area contributed by atoms with E-state index in [1.54, 1.807) is 18.3 Å². The molecule has 4 rings (SSSR count). The number of aromatic nitrogens is 3. The molecule has 0 fully saturated rings. The van der Waals surface area contributed by atoms with Crippen LogP contribution in [0.25, 0.3) is 11.1 Å². The Morgan fingerprint density at radius 1 is 0.966 bits per heavy atom. The lowest BCUT2D eigenvalue weighted by Gasteiger charge is -2.13. The van der Waals surface area contributed by atoms with E-state index in [1.165, 1.54) is 16.7 Å². The third-order valence-electron chi connectivity index (χ3n) is 4.89. The molecule has 148 valence electrons. The van der Waals surface area contributed by atoms with E-state index >= 15 is 0 Å². The smallest absolute Gasteiger partial charge is 0.406 e. The summed E-state index contributed by atoms with van der Waals surface area (Å²) in [6.07, 6.45) is 1.74. The number of halogens is 1. The van der Waals surface area contributed by atoms with Crippen molar-refractivity contribution in [2.75, 3.05) is 10.6 Å². The second-order valence-electron chi connectivity index (χ2n) is 7.06. The van der Waals surface area contributed by atoms with Crippen molar-refractivity contribution < 1.29 is 4.42 Å². The quantitative estimate of drug-likeness (QED) is 0.424. The van der Waals surface area contributed by atoms with E-state index in [1.807, 2.05) is 6.92 Å². The molecule has 2 aromatic carbocycles. The SMILES string of the molecule is Cc1cnc(Nc2cc(C)c(C)c(C)c2)nc1Nc1cc(Cl)c2oc(=O)[nH]c2c1. The van der Waals surface area contributed by atoms with Gasteiger partial charge in [-0.15, -0.1) is 0 Å². The fraction of sp³-hybridized carbons (Fsp3) is 0.190. The van der Waals surface area contributed by atoms with E-state index in [0.29, 0.717) is 33.6 Å². The molecule has 0 aliphatic heterocycles. The molecule has 3 N–H and O–H groups in total. The van der Waals surface area contributed by atoms with Crippen LogP contribution in [0.5, 0.6) is 0 Å². The van der Waals surface area contributed by atoms with E-state index in [9.17, 15) is 4.79 Å². The highest BCUT2D eigenvalue weighted by atomic mass is 35.5. The maximum atomic E-state index is 11.4. The van der Waals surface area contributed by atoms with Gasteiger partial charge in [0.15, 0.2) is 5.58 Å². The summed E-state index contributed by atoms with van der Waals surface area (Å²) in [7, 11) is 0. The molecule has 2 aromatic heterocycles. The Morgan fingerprint density at radius 3 is 2.38 bits per heavy atom. The maximum Gasteiger partial charge on any atom is 0.417 e. The molecule has 0 bridgehead atoms. The second-order valence-corrected chi connectivity index (χ2v) is 7.47. The lowest BCUT2D eigenvalue weighted by atomic mass is 10.0. The summed E-state index contributed by atoms with van der Waals surface area (Å²) in [6.45, 7) is 8.17. The van der Waals surface area contributed by atoms with Crippen LogP contribution >= 0.6 is 11.6 Å². The number of nitrogens with zero attached hydrogens (tertiary/aromatic N) is 2. The molecule has 0 saturated carbocycles. The van der Waals surface area contributed by atoms with E-state index in [-0.39, 0.29) is 0 Å². The predicted octanol–water partition coefficient (Wildman–Crippen LogP) is 5.29. The van der Waals surface area contributed by atoms with Crippen molar-refractivity contribution in [2.45, 2.75) is 27.7 Å². The van der Waals surface area contributed by atoms with E-state index in [0.717, 1.165) is 11.3 Å². The van der Waals surface area contributed by atoms with E-state index < -0.39 is 5.76 Å². The minimum atomic E-state index is -0.549. The third-order valence-corrected chi connectivity index (χ3v) is 5.17. The number of nitrogens with one attached hydrogen (secondary N) is 3. The fourth-order valence-electron chi connectivity index (χ4n) is 3.09. The molecule has 29 heavy (non-hydrogen) atoms. The van der Waals surface area contributed by atoms with Crippen LogP contribution in [0.1, 0.15) is 22.3 Å². The minimum absolute atomic E-state index is 0.328. The Kier molecular flexibility index (Phi) is 4.76. The van der Waals surface area contributed by atoms with Crippen LogP contribution in [-0.2, 0) is 0 Å². The van der Waals surface area contributed by atoms with E-state index in [4.69, 9.17) is 16.0 Å².